The molecule has 0 aliphatic heterocycles. The van der Waals surface area contributed by atoms with Gasteiger partial charge in [-0.15, -0.1) is 0 Å². The highest BCUT2D eigenvalue weighted by molar-refractivity contribution is 6.35. The highest BCUT2D eigenvalue weighted by Gasteiger charge is 2.27. The van der Waals surface area contributed by atoms with Crippen molar-refractivity contribution in [1.82, 2.24) is 10.2 Å². The molecule has 0 spiro atoms. The molecule has 1 atom stereocenters. The Kier molecular flexibility index (Phi) is 8.35. The molecule has 156 valence electrons. The number of hydrogen-bond donors (Lipinski definition) is 1. The molecule has 1 N–H and O–H groups in total. The van der Waals surface area contributed by atoms with Crippen LogP contribution in [0.2, 0.25) is 10.0 Å². The van der Waals surface area contributed by atoms with Crippen molar-refractivity contribution in [2.24, 2.45) is 0 Å². The topological polar surface area (TPSA) is 58.6 Å². The maximum atomic E-state index is 13.0. The van der Waals surface area contributed by atoms with Gasteiger partial charge in [0.2, 0.25) is 5.91 Å². The number of amides is 2. The molecule has 0 heterocycles. The van der Waals surface area contributed by atoms with Crippen molar-refractivity contribution < 1.29 is 14.3 Å². The van der Waals surface area contributed by atoms with Gasteiger partial charge in [0.25, 0.3) is 5.91 Å². The molecule has 29 heavy (non-hydrogen) atoms. The van der Waals surface area contributed by atoms with Crippen LogP contribution >= 0.6 is 23.2 Å². The number of aryl methyl sites for hydroxylation is 2. The third kappa shape index (κ3) is 6.38. The molecule has 2 aromatic carbocycles. The van der Waals surface area contributed by atoms with Gasteiger partial charge in [-0.3, -0.25) is 9.59 Å². The number of rotatable bonds is 8. The molecular weight excluding hydrogens is 411 g/mol. The molecule has 0 aromatic heterocycles. The Balaban J connectivity index is 2.21. The summed E-state index contributed by atoms with van der Waals surface area (Å²) in [6.07, 6.45) is 0. The number of carbonyl (C=O) groups is 2. The van der Waals surface area contributed by atoms with Crippen LogP contribution in [0.15, 0.2) is 36.4 Å². The number of likely N-dealkylation sites (N-methyl/N-ethyl adjacent to an activating group) is 1. The van der Waals surface area contributed by atoms with E-state index >= 15 is 0 Å². The molecule has 5 nitrogen and oxygen atoms in total. The fourth-order valence-corrected chi connectivity index (χ4v) is 3.29. The van der Waals surface area contributed by atoms with E-state index in [0.29, 0.717) is 27.9 Å². The molecular formula is C22H26Cl2N2O3. The summed E-state index contributed by atoms with van der Waals surface area (Å²) >= 11 is 12.2. The van der Waals surface area contributed by atoms with Gasteiger partial charge in [0.15, 0.2) is 6.61 Å². The monoisotopic (exact) mass is 436 g/mol. The van der Waals surface area contributed by atoms with E-state index in [1.165, 1.54) is 4.90 Å². The Labute approximate surface area is 181 Å². The SMILES string of the molecule is CCNC(=O)[C@H](C)N(Cc1ccc(Cl)cc1Cl)C(=O)COc1cc(C)ccc1C. The fraction of sp³-hybridized carbons (Fsp3) is 0.364. The first-order valence-corrected chi connectivity index (χ1v) is 10.2. The Bertz CT molecular complexity index is 886. The third-order valence-electron chi connectivity index (χ3n) is 4.57. The van der Waals surface area contributed by atoms with Crippen LogP contribution in [0.25, 0.3) is 0 Å². The quantitative estimate of drug-likeness (QED) is 0.660. The molecule has 0 radical (unpaired) electrons. The number of nitrogens with one attached hydrogen (secondary N) is 1. The lowest BCUT2D eigenvalue weighted by molar-refractivity contribution is -0.142. The average Bonchev–Trinajstić information content (AvgIpc) is 2.67. The molecule has 0 saturated heterocycles. The van der Waals surface area contributed by atoms with Crippen LogP contribution in [0, 0.1) is 13.8 Å². The van der Waals surface area contributed by atoms with Crippen molar-refractivity contribution in [1.29, 1.82) is 0 Å². The predicted octanol–water partition coefficient (Wildman–Crippen LogP) is 4.54. The van der Waals surface area contributed by atoms with E-state index in [1.54, 1.807) is 25.1 Å². The molecule has 0 bridgehead atoms. The lowest BCUT2D eigenvalue weighted by atomic mass is 10.1. The van der Waals surface area contributed by atoms with E-state index in [2.05, 4.69) is 5.32 Å². The van der Waals surface area contributed by atoms with E-state index in [9.17, 15) is 9.59 Å². The van der Waals surface area contributed by atoms with E-state index in [0.717, 1.165) is 11.1 Å². The van der Waals surface area contributed by atoms with Gasteiger partial charge in [-0.2, -0.15) is 0 Å². The molecule has 0 unspecified atom stereocenters. The lowest BCUT2D eigenvalue weighted by Gasteiger charge is -2.29. The van der Waals surface area contributed by atoms with Crippen LogP contribution in [-0.4, -0.2) is 35.9 Å². The summed E-state index contributed by atoms with van der Waals surface area (Å²) in [5, 5.41) is 3.70. The second-order valence-corrected chi connectivity index (χ2v) is 7.73. The van der Waals surface area contributed by atoms with E-state index < -0.39 is 6.04 Å². The van der Waals surface area contributed by atoms with E-state index in [4.69, 9.17) is 27.9 Å². The summed E-state index contributed by atoms with van der Waals surface area (Å²) in [4.78, 5) is 26.9. The highest BCUT2D eigenvalue weighted by Crippen LogP contribution is 2.24. The first-order chi connectivity index (χ1) is 13.7. The second kappa shape index (κ2) is 10.5. The first kappa shape index (κ1) is 23.0. The molecule has 0 saturated carbocycles. The minimum absolute atomic E-state index is 0.170. The second-order valence-electron chi connectivity index (χ2n) is 6.89. The van der Waals surface area contributed by atoms with Crippen molar-refractivity contribution >= 4 is 35.0 Å². The molecule has 0 aliphatic carbocycles. The van der Waals surface area contributed by atoms with Crippen molar-refractivity contribution in [3.8, 4) is 5.75 Å². The normalized spacial score (nSPS) is 11.7. The van der Waals surface area contributed by atoms with Gasteiger partial charge < -0.3 is 15.0 Å². The van der Waals surface area contributed by atoms with Crippen molar-refractivity contribution in [2.45, 2.75) is 40.3 Å². The van der Waals surface area contributed by atoms with Gasteiger partial charge >= 0.3 is 0 Å². The summed E-state index contributed by atoms with van der Waals surface area (Å²) in [6.45, 7) is 7.86. The van der Waals surface area contributed by atoms with Gasteiger partial charge in [0, 0.05) is 23.1 Å². The number of carbonyl (C=O) groups excluding carboxylic acids is 2. The van der Waals surface area contributed by atoms with Crippen LogP contribution in [-0.2, 0) is 16.1 Å². The molecule has 2 rings (SSSR count). The zero-order valence-electron chi connectivity index (χ0n) is 17.1. The zero-order chi connectivity index (χ0) is 21.6. The minimum Gasteiger partial charge on any atom is -0.483 e. The molecule has 2 amide bonds. The zero-order valence-corrected chi connectivity index (χ0v) is 18.6. The summed E-state index contributed by atoms with van der Waals surface area (Å²) in [6, 6.07) is 10.2. The highest BCUT2D eigenvalue weighted by atomic mass is 35.5. The van der Waals surface area contributed by atoms with Crippen LogP contribution in [0.5, 0.6) is 5.75 Å². The number of benzene rings is 2. The maximum Gasteiger partial charge on any atom is 0.261 e. The molecule has 0 aliphatic rings. The van der Waals surface area contributed by atoms with Gasteiger partial charge in [-0.05, 0) is 62.6 Å². The first-order valence-electron chi connectivity index (χ1n) is 9.44. The van der Waals surface area contributed by atoms with Gasteiger partial charge in [0.05, 0.1) is 0 Å². The number of ether oxygens (including phenoxy) is 1. The van der Waals surface area contributed by atoms with Crippen LogP contribution in [0.3, 0.4) is 0 Å². The fourth-order valence-electron chi connectivity index (χ4n) is 2.82. The standard InChI is InChI=1S/C22H26Cl2N2O3/c1-5-25-22(28)16(4)26(12-17-8-9-18(23)11-19(17)24)21(27)13-29-20-10-14(2)6-7-15(20)3/h6-11,16H,5,12-13H2,1-4H3,(H,25,28)/t16-/m0/s1. The Morgan fingerprint density at radius 2 is 1.86 bits per heavy atom. The lowest BCUT2D eigenvalue weighted by Crippen LogP contribution is -2.49. The van der Waals surface area contributed by atoms with Crippen molar-refractivity contribution in [2.75, 3.05) is 13.2 Å². The Hall–Kier alpha value is -2.24. The average molecular weight is 437 g/mol. The smallest absolute Gasteiger partial charge is 0.261 e. The summed E-state index contributed by atoms with van der Waals surface area (Å²) < 4.78 is 5.76. The number of halogens is 2. The predicted molar refractivity (Wildman–Crippen MR) is 117 cm³/mol. The Morgan fingerprint density at radius 3 is 2.52 bits per heavy atom. The summed E-state index contributed by atoms with van der Waals surface area (Å²) in [7, 11) is 0. The van der Waals surface area contributed by atoms with Crippen LogP contribution < -0.4 is 10.1 Å². The summed E-state index contributed by atoms with van der Waals surface area (Å²) in [5.41, 5.74) is 2.68. The van der Waals surface area contributed by atoms with Gasteiger partial charge in [0.1, 0.15) is 11.8 Å². The molecule has 7 heteroatoms. The van der Waals surface area contributed by atoms with E-state index in [1.807, 2.05) is 39.0 Å². The van der Waals surface area contributed by atoms with Gasteiger partial charge in [-0.1, -0.05) is 41.4 Å². The van der Waals surface area contributed by atoms with Crippen molar-refractivity contribution in [3.63, 3.8) is 0 Å². The Morgan fingerprint density at radius 1 is 1.14 bits per heavy atom. The third-order valence-corrected chi connectivity index (χ3v) is 5.16. The maximum absolute atomic E-state index is 13.0. The number of hydrogen-bond acceptors (Lipinski definition) is 3. The molecule has 0 fully saturated rings. The number of nitrogens with zero attached hydrogens (tertiary/aromatic N) is 1. The molecule has 2 aromatic rings. The van der Waals surface area contributed by atoms with Crippen LogP contribution in [0.1, 0.15) is 30.5 Å². The van der Waals surface area contributed by atoms with E-state index in [-0.39, 0.29) is 25.0 Å². The largest absolute Gasteiger partial charge is 0.483 e. The minimum atomic E-state index is -0.684. The van der Waals surface area contributed by atoms with Gasteiger partial charge in [-0.25, -0.2) is 0 Å². The summed E-state index contributed by atoms with van der Waals surface area (Å²) in [5.74, 6) is 0.0989. The van der Waals surface area contributed by atoms with Crippen molar-refractivity contribution in [3.05, 3.63) is 63.1 Å². The van der Waals surface area contributed by atoms with Crippen LogP contribution in [0.4, 0.5) is 0 Å².